The Kier molecular flexibility index (Phi) is 4.02. The summed E-state index contributed by atoms with van der Waals surface area (Å²) in [6, 6.07) is 10.6. The number of nitrogens with two attached hydrogens (primary N) is 1. The summed E-state index contributed by atoms with van der Waals surface area (Å²) in [5, 5.41) is 3.09. The van der Waals surface area contributed by atoms with Crippen LogP contribution in [0.15, 0.2) is 42.5 Å². The Labute approximate surface area is 115 Å². The fourth-order valence-corrected chi connectivity index (χ4v) is 1.79. The fraction of sp³-hybridized carbons (Fsp3) is 0.0714. The molecule has 0 aliphatic heterocycles. The number of carbonyl (C=O) groups is 1. The van der Waals surface area contributed by atoms with Gasteiger partial charge in [0, 0.05) is 5.69 Å². The molecule has 2 aromatic rings. The van der Waals surface area contributed by atoms with E-state index in [0.29, 0.717) is 16.4 Å². The van der Waals surface area contributed by atoms with Crippen LogP contribution in [0.1, 0.15) is 5.56 Å². The third-order valence-corrected chi connectivity index (χ3v) is 2.87. The highest BCUT2D eigenvalue weighted by Crippen LogP contribution is 2.24. The summed E-state index contributed by atoms with van der Waals surface area (Å²) in [5.74, 6) is -0.567. The zero-order valence-electron chi connectivity index (χ0n) is 9.99. The van der Waals surface area contributed by atoms with Gasteiger partial charge in [-0.2, -0.15) is 0 Å². The Hall–Kier alpha value is -2.07. The van der Waals surface area contributed by atoms with Gasteiger partial charge in [0.2, 0.25) is 5.91 Å². The first-order valence-corrected chi connectivity index (χ1v) is 6.02. The lowest BCUT2D eigenvalue weighted by Gasteiger charge is -2.08. The maximum Gasteiger partial charge on any atom is 0.228 e. The van der Waals surface area contributed by atoms with Gasteiger partial charge < -0.3 is 11.1 Å². The molecule has 5 heteroatoms. The third kappa shape index (κ3) is 3.69. The summed E-state index contributed by atoms with van der Waals surface area (Å²) in [7, 11) is 0. The van der Waals surface area contributed by atoms with Crippen LogP contribution in [0, 0.1) is 5.82 Å². The van der Waals surface area contributed by atoms with Gasteiger partial charge in [0.1, 0.15) is 5.82 Å². The SMILES string of the molecule is Nc1ccc(Cl)c(NC(=O)Cc2ccc(F)cc2)c1. The predicted octanol–water partition coefficient (Wildman–Crippen LogP) is 3.24. The number of rotatable bonds is 3. The highest BCUT2D eigenvalue weighted by molar-refractivity contribution is 6.33. The minimum absolute atomic E-state index is 0.144. The number of halogens is 2. The zero-order valence-corrected chi connectivity index (χ0v) is 10.7. The Morgan fingerprint density at radius 1 is 1.21 bits per heavy atom. The summed E-state index contributed by atoms with van der Waals surface area (Å²) in [4.78, 5) is 11.8. The molecular weight excluding hydrogens is 267 g/mol. The van der Waals surface area contributed by atoms with Crippen molar-refractivity contribution in [3.05, 3.63) is 58.9 Å². The van der Waals surface area contributed by atoms with Gasteiger partial charge in [0.25, 0.3) is 0 Å². The second-order valence-electron chi connectivity index (χ2n) is 4.09. The summed E-state index contributed by atoms with van der Waals surface area (Å²) < 4.78 is 12.7. The van der Waals surface area contributed by atoms with E-state index in [1.54, 1.807) is 30.3 Å². The molecule has 0 saturated heterocycles. The van der Waals surface area contributed by atoms with Crippen LogP contribution >= 0.6 is 11.6 Å². The van der Waals surface area contributed by atoms with Gasteiger partial charge in [-0.3, -0.25) is 4.79 Å². The maximum absolute atomic E-state index is 12.7. The lowest BCUT2D eigenvalue weighted by molar-refractivity contribution is -0.115. The van der Waals surface area contributed by atoms with Crippen LogP contribution in [-0.2, 0) is 11.2 Å². The number of amides is 1. The molecule has 2 aromatic carbocycles. The van der Waals surface area contributed by atoms with Crippen molar-refractivity contribution in [3.8, 4) is 0 Å². The van der Waals surface area contributed by atoms with Crippen molar-refractivity contribution in [2.75, 3.05) is 11.1 Å². The highest BCUT2D eigenvalue weighted by atomic mass is 35.5. The van der Waals surface area contributed by atoms with Gasteiger partial charge in [0.05, 0.1) is 17.1 Å². The topological polar surface area (TPSA) is 55.1 Å². The Bertz CT molecular complexity index is 599. The van der Waals surface area contributed by atoms with Gasteiger partial charge in [-0.15, -0.1) is 0 Å². The lowest BCUT2D eigenvalue weighted by atomic mass is 10.1. The second kappa shape index (κ2) is 5.71. The van der Waals surface area contributed by atoms with Gasteiger partial charge in [-0.1, -0.05) is 23.7 Å². The predicted molar refractivity (Wildman–Crippen MR) is 74.6 cm³/mol. The normalized spacial score (nSPS) is 10.2. The van der Waals surface area contributed by atoms with E-state index in [4.69, 9.17) is 17.3 Å². The summed E-state index contributed by atoms with van der Waals surface area (Å²) in [5.41, 5.74) is 7.32. The Balaban J connectivity index is 2.05. The molecule has 0 aliphatic carbocycles. The first-order chi connectivity index (χ1) is 9.04. The fourth-order valence-electron chi connectivity index (χ4n) is 1.62. The van der Waals surface area contributed by atoms with Crippen molar-refractivity contribution >= 4 is 28.9 Å². The standard InChI is InChI=1S/C14H12ClFN2O/c15-12-6-5-11(17)8-13(12)18-14(19)7-9-1-3-10(16)4-2-9/h1-6,8H,7,17H2,(H,18,19). The second-order valence-corrected chi connectivity index (χ2v) is 4.50. The van der Waals surface area contributed by atoms with Gasteiger partial charge in [0.15, 0.2) is 0 Å². The largest absolute Gasteiger partial charge is 0.399 e. The molecule has 0 saturated carbocycles. The molecule has 0 fully saturated rings. The average molecular weight is 279 g/mol. The first-order valence-electron chi connectivity index (χ1n) is 5.64. The van der Waals surface area contributed by atoms with Crippen LogP contribution in [0.25, 0.3) is 0 Å². The average Bonchev–Trinajstić information content (AvgIpc) is 2.37. The molecule has 0 unspecified atom stereocenters. The van der Waals surface area contributed by atoms with E-state index in [0.717, 1.165) is 5.56 Å². The number of hydrogen-bond donors (Lipinski definition) is 2. The molecule has 3 nitrogen and oxygen atoms in total. The van der Waals surface area contributed by atoms with Crippen molar-refractivity contribution in [3.63, 3.8) is 0 Å². The minimum Gasteiger partial charge on any atom is -0.399 e. The molecule has 0 radical (unpaired) electrons. The number of hydrogen-bond acceptors (Lipinski definition) is 2. The van der Waals surface area contributed by atoms with Gasteiger partial charge in [-0.05, 0) is 35.9 Å². The molecule has 0 spiro atoms. The third-order valence-electron chi connectivity index (χ3n) is 2.54. The van der Waals surface area contributed by atoms with Crippen LogP contribution in [0.3, 0.4) is 0 Å². The quantitative estimate of drug-likeness (QED) is 0.847. The first kappa shape index (κ1) is 13.4. The maximum atomic E-state index is 12.7. The van der Waals surface area contributed by atoms with Crippen molar-refractivity contribution in [2.45, 2.75) is 6.42 Å². The molecule has 1 amide bonds. The van der Waals surface area contributed by atoms with E-state index in [1.165, 1.54) is 12.1 Å². The van der Waals surface area contributed by atoms with Crippen molar-refractivity contribution < 1.29 is 9.18 Å². The smallest absolute Gasteiger partial charge is 0.228 e. The van der Waals surface area contributed by atoms with E-state index in [-0.39, 0.29) is 18.1 Å². The van der Waals surface area contributed by atoms with Crippen LogP contribution in [0.4, 0.5) is 15.8 Å². The monoisotopic (exact) mass is 278 g/mol. The van der Waals surface area contributed by atoms with E-state index in [9.17, 15) is 9.18 Å². The Morgan fingerprint density at radius 3 is 2.58 bits per heavy atom. The zero-order chi connectivity index (χ0) is 13.8. The van der Waals surface area contributed by atoms with Crippen LogP contribution in [-0.4, -0.2) is 5.91 Å². The van der Waals surface area contributed by atoms with E-state index < -0.39 is 0 Å². The molecule has 0 atom stereocenters. The number of nitrogens with one attached hydrogen (secondary N) is 1. The van der Waals surface area contributed by atoms with E-state index in [1.807, 2.05) is 0 Å². The molecule has 19 heavy (non-hydrogen) atoms. The molecule has 2 rings (SSSR count). The van der Waals surface area contributed by atoms with Crippen molar-refractivity contribution in [1.82, 2.24) is 0 Å². The van der Waals surface area contributed by atoms with Gasteiger partial charge in [-0.25, -0.2) is 4.39 Å². The molecule has 98 valence electrons. The van der Waals surface area contributed by atoms with Crippen LogP contribution < -0.4 is 11.1 Å². The molecule has 0 bridgehead atoms. The molecule has 3 N–H and O–H groups in total. The molecule has 0 aromatic heterocycles. The Morgan fingerprint density at radius 2 is 1.89 bits per heavy atom. The molecule has 0 heterocycles. The summed E-state index contributed by atoms with van der Waals surface area (Å²) >= 11 is 5.94. The van der Waals surface area contributed by atoms with E-state index >= 15 is 0 Å². The number of carbonyl (C=O) groups excluding carboxylic acids is 1. The number of anilines is 2. The van der Waals surface area contributed by atoms with Crippen LogP contribution in [0.5, 0.6) is 0 Å². The minimum atomic E-state index is -0.331. The highest BCUT2D eigenvalue weighted by Gasteiger charge is 2.07. The number of nitrogen functional groups attached to an aromatic ring is 1. The van der Waals surface area contributed by atoms with Crippen LogP contribution in [0.2, 0.25) is 5.02 Å². The van der Waals surface area contributed by atoms with Gasteiger partial charge >= 0.3 is 0 Å². The molecular formula is C14H12ClFN2O. The van der Waals surface area contributed by atoms with Crippen molar-refractivity contribution in [2.24, 2.45) is 0 Å². The van der Waals surface area contributed by atoms with E-state index in [2.05, 4.69) is 5.32 Å². The van der Waals surface area contributed by atoms with Crippen molar-refractivity contribution in [1.29, 1.82) is 0 Å². The molecule has 0 aliphatic rings. The summed E-state index contributed by atoms with van der Waals surface area (Å²) in [6.07, 6.45) is 0.144. The number of benzene rings is 2. The lowest BCUT2D eigenvalue weighted by Crippen LogP contribution is -2.14. The summed E-state index contributed by atoms with van der Waals surface area (Å²) in [6.45, 7) is 0.